The van der Waals surface area contributed by atoms with E-state index in [0.717, 1.165) is 11.3 Å². The van der Waals surface area contributed by atoms with Crippen molar-refractivity contribution in [3.05, 3.63) is 68.8 Å². The molecule has 36 heavy (non-hydrogen) atoms. The van der Waals surface area contributed by atoms with E-state index in [-0.39, 0.29) is 12.0 Å². The van der Waals surface area contributed by atoms with Crippen LogP contribution in [0.3, 0.4) is 0 Å². The number of amides is 2. The van der Waals surface area contributed by atoms with Gasteiger partial charge in [-0.1, -0.05) is 46.9 Å². The van der Waals surface area contributed by atoms with E-state index in [0.29, 0.717) is 58.2 Å². The van der Waals surface area contributed by atoms with Crippen LogP contribution >= 0.6 is 34.8 Å². The maximum absolute atomic E-state index is 13.6. The third-order valence-corrected chi connectivity index (χ3v) is 6.59. The van der Waals surface area contributed by atoms with E-state index >= 15 is 0 Å². The van der Waals surface area contributed by atoms with Gasteiger partial charge in [0.2, 0.25) is 0 Å². The number of hydrogen-bond donors (Lipinski definition) is 0. The summed E-state index contributed by atoms with van der Waals surface area (Å²) < 4.78 is 7.13. The summed E-state index contributed by atoms with van der Waals surface area (Å²) in [5, 5.41) is 6.22. The van der Waals surface area contributed by atoms with Crippen LogP contribution in [0.15, 0.2) is 42.5 Å². The number of ether oxygens (including phenoxy) is 1. The Bertz CT molecular complexity index is 1290. The molecule has 190 valence electrons. The van der Waals surface area contributed by atoms with Gasteiger partial charge in [0.25, 0.3) is 5.91 Å². The molecule has 0 spiro atoms. The molecule has 0 bridgehead atoms. The molecule has 4 rings (SSSR count). The number of rotatable bonds is 3. The first-order valence-corrected chi connectivity index (χ1v) is 12.7. The van der Waals surface area contributed by atoms with Gasteiger partial charge in [-0.2, -0.15) is 5.10 Å². The summed E-state index contributed by atoms with van der Waals surface area (Å²) in [6.45, 7) is 8.87. The van der Waals surface area contributed by atoms with Crippen LogP contribution in [0.4, 0.5) is 4.79 Å². The molecule has 2 amide bonds. The highest BCUT2D eigenvalue weighted by atomic mass is 35.5. The van der Waals surface area contributed by atoms with Crippen LogP contribution in [0, 0.1) is 6.92 Å². The molecular weight excluding hydrogens is 523 g/mol. The van der Waals surface area contributed by atoms with Gasteiger partial charge in [0.1, 0.15) is 5.60 Å². The highest BCUT2D eigenvalue weighted by molar-refractivity contribution is 6.35. The van der Waals surface area contributed by atoms with Gasteiger partial charge in [-0.3, -0.25) is 4.79 Å². The summed E-state index contributed by atoms with van der Waals surface area (Å²) in [6.07, 6.45) is -0.377. The van der Waals surface area contributed by atoms with E-state index in [4.69, 9.17) is 44.6 Å². The second-order valence-electron chi connectivity index (χ2n) is 9.60. The average molecular weight is 550 g/mol. The first-order valence-electron chi connectivity index (χ1n) is 11.5. The fraction of sp³-hybridized carbons (Fsp3) is 0.346. The first-order chi connectivity index (χ1) is 16.9. The number of nitrogens with zero attached hydrogens (tertiary/aromatic N) is 4. The van der Waals surface area contributed by atoms with Crippen molar-refractivity contribution in [2.75, 3.05) is 26.2 Å². The Morgan fingerprint density at radius 3 is 2.06 bits per heavy atom. The zero-order valence-corrected chi connectivity index (χ0v) is 22.8. The fourth-order valence-corrected chi connectivity index (χ4v) is 4.66. The van der Waals surface area contributed by atoms with Gasteiger partial charge in [0, 0.05) is 47.4 Å². The van der Waals surface area contributed by atoms with Crippen LogP contribution in [0.5, 0.6) is 0 Å². The Labute approximate surface area is 225 Å². The molecule has 0 saturated carbocycles. The lowest BCUT2D eigenvalue weighted by atomic mass is 10.1. The molecule has 2 aromatic carbocycles. The number of benzene rings is 2. The van der Waals surface area contributed by atoms with Gasteiger partial charge < -0.3 is 14.5 Å². The zero-order valence-electron chi connectivity index (χ0n) is 20.5. The molecule has 1 aliphatic heterocycles. The van der Waals surface area contributed by atoms with Crippen LogP contribution in [-0.2, 0) is 4.74 Å². The van der Waals surface area contributed by atoms with Crippen molar-refractivity contribution in [2.24, 2.45) is 0 Å². The van der Waals surface area contributed by atoms with Crippen molar-refractivity contribution < 1.29 is 14.3 Å². The summed E-state index contributed by atoms with van der Waals surface area (Å²) in [5.74, 6) is -0.213. The molecular formula is C26H27Cl3N4O3. The highest BCUT2D eigenvalue weighted by Gasteiger charge is 2.31. The normalized spacial score (nSPS) is 14.2. The van der Waals surface area contributed by atoms with E-state index in [1.54, 1.807) is 44.8 Å². The third-order valence-electron chi connectivity index (χ3n) is 5.80. The number of aromatic nitrogens is 2. The predicted octanol–water partition coefficient (Wildman–Crippen LogP) is 6.50. The van der Waals surface area contributed by atoms with Gasteiger partial charge in [-0.25, -0.2) is 9.48 Å². The van der Waals surface area contributed by atoms with Crippen LogP contribution in [-0.4, -0.2) is 63.4 Å². The Kier molecular flexibility index (Phi) is 7.55. The molecule has 1 fully saturated rings. The molecule has 7 nitrogen and oxygen atoms in total. The Balaban J connectivity index is 1.65. The summed E-state index contributed by atoms with van der Waals surface area (Å²) in [4.78, 5) is 29.3. The Hall–Kier alpha value is -2.74. The molecule has 0 radical (unpaired) electrons. The van der Waals surface area contributed by atoms with E-state index in [1.807, 2.05) is 39.8 Å². The summed E-state index contributed by atoms with van der Waals surface area (Å²) >= 11 is 18.7. The second-order valence-corrected chi connectivity index (χ2v) is 10.9. The lowest BCUT2D eigenvalue weighted by Gasteiger charge is -2.35. The minimum atomic E-state index is -0.574. The Morgan fingerprint density at radius 2 is 1.47 bits per heavy atom. The SMILES string of the molecule is Cc1c(C(=O)N2CCN(C(=O)OC(C)(C)C)CC2)nn(-c2ccc(Cl)cc2Cl)c1-c1ccc(Cl)cc1. The summed E-state index contributed by atoms with van der Waals surface area (Å²) in [6, 6.07) is 12.5. The molecule has 10 heteroatoms. The second kappa shape index (κ2) is 10.3. The summed E-state index contributed by atoms with van der Waals surface area (Å²) in [7, 11) is 0. The van der Waals surface area contributed by atoms with Gasteiger partial charge in [0.15, 0.2) is 5.69 Å². The third kappa shape index (κ3) is 5.64. The maximum atomic E-state index is 13.6. The van der Waals surface area contributed by atoms with E-state index < -0.39 is 5.60 Å². The van der Waals surface area contributed by atoms with Gasteiger partial charge >= 0.3 is 6.09 Å². The molecule has 1 aromatic heterocycles. The van der Waals surface area contributed by atoms with Crippen molar-refractivity contribution in [1.29, 1.82) is 0 Å². The number of carbonyl (C=O) groups is 2. The van der Waals surface area contributed by atoms with E-state index in [2.05, 4.69) is 0 Å². The minimum absolute atomic E-state index is 0.213. The number of carbonyl (C=O) groups excluding carboxylic acids is 2. The predicted molar refractivity (Wildman–Crippen MR) is 142 cm³/mol. The van der Waals surface area contributed by atoms with Crippen molar-refractivity contribution in [1.82, 2.24) is 19.6 Å². The van der Waals surface area contributed by atoms with Crippen LogP contribution in [0.2, 0.25) is 15.1 Å². The first kappa shape index (κ1) is 26.3. The molecule has 1 aliphatic rings. The standard InChI is InChI=1S/C26H27Cl3N4O3/c1-16-22(24(34)31-11-13-32(14-12-31)25(35)36-26(2,3)4)30-33(21-10-9-19(28)15-20(21)29)23(16)17-5-7-18(27)8-6-17/h5-10,15H,11-14H2,1-4H3. The largest absolute Gasteiger partial charge is 0.444 e. The topological polar surface area (TPSA) is 67.7 Å². The molecule has 0 aliphatic carbocycles. The monoisotopic (exact) mass is 548 g/mol. The molecule has 0 unspecified atom stereocenters. The lowest BCUT2D eigenvalue weighted by molar-refractivity contribution is 0.0140. The highest BCUT2D eigenvalue weighted by Crippen LogP contribution is 2.33. The van der Waals surface area contributed by atoms with E-state index in [9.17, 15) is 9.59 Å². The maximum Gasteiger partial charge on any atom is 0.410 e. The van der Waals surface area contributed by atoms with Gasteiger partial charge in [0.05, 0.1) is 16.4 Å². The number of hydrogen-bond acceptors (Lipinski definition) is 4. The Morgan fingerprint density at radius 1 is 0.889 bits per heavy atom. The van der Waals surface area contributed by atoms with Crippen molar-refractivity contribution in [2.45, 2.75) is 33.3 Å². The minimum Gasteiger partial charge on any atom is -0.444 e. The fourth-order valence-electron chi connectivity index (χ4n) is 4.04. The molecule has 3 aromatic rings. The van der Waals surface area contributed by atoms with Crippen molar-refractivity contribution in [3.8, 4) is 16.9 Å². The van der Waals surface area contributed by atoms with Gasteiger partial charge in [-0.05, 0) is 58.0 Å². The van der Waals surface area contributed by atoms with E-state index in [1.165, 1.54) is 0 Å². The lowest BCUT2D eigenvalue weighted by Crippen LogP contribution is -2.51. The number of halogens is 3. The molecule has 2 heterocycles. The van der Waals surface area contributed by atoms with Crippen LogP contribution < -0.4 is 0 Å². The van der Waals surface area contributed by atoms with Crippen LogP contribution in [0.1, 0.15) is 36.8 Å². The molecule has 0 atom stereocenters. The number of piperazine rings is 1. The van der Waals surface area contributed by atoms with Gasteiger partial charge in [-0.15, -0.1) is 0 Å². The quantitative estimate of drug-likeness (QED) is 0.374. The smallest absolute Gasteiger partial charge is 0.410 e. The average Bonchev–Trinajstić information content (AvgIpc) is 3.15. The van der Waals surface area contributed by atoms with Crippen molar-refractivity contribution >= 4 is 46.8 Å². The van der Waals surface area contributed by atoms with Crippen molar-refractivity contribution in [3.63, 3.8) is 0 Å². The zero-order chi connectivity index (χ0) is 26.2. The van der Waals surface area contributed by atoms with Crippen LogP contribution in [0.25, 0.3) is 16.9 Å². The molecule has 0 N–H and O–H groups in total. The summed E-state index contributed by atoms with van der Waals surface area (Å²) in [5.41, 5.74) is 2.62. The molecule has 1 saturated heterocycles.